The van der Waals surface area contributed by atoms with Gasteiger partial charge in [-0.15, -0.1) is 0 Å². The van der Waals surface area contributed by atoms with Crippen molar-refractivity contribution in [1.29, 1.82) is 0 Å². The van der Waals surface area contributed by atoms with E-state index in [-0.39, 0.29) is 11.3 Å². The van der Waals surface area contributed by atoms with Gasteiger partial charge in [-0.1, -0.05) is 13.8 Å². The number of pyridine rings is 1. The van der Waals surface area contributed by atoms with Crippen LogP contribution in [-0.2, 0) is 0 Å². The number of nitrogens with one attached hydrogen (secondary N) is 1. The van der Waals surface area contributed by atoms with Crippen LogP contribution in [0.5, 0.6) is 0 Å². The summed E-state index contributed by atoms with van der Waals surface area (Å²) in [6, 6.07) is 3.45. The maximum atomic E-state index is 12.1. The number of hydrazine groups is 1. The Morgan fingerprint density at radius 3 is 2.76 bits per heavy atom. The molecule has 2 rings (SSSR count). The molecule has 0 bridgehead atoms. The van der Waals surface area contributed by atoms with Crippen LogP contribution in [0.25, 0.3) is 0 Å². The summed E-state index contributed by atoms with van der Waals surface area (Å²) in [4.78, 5) is 18.1. The molecule has 0 aliphatic carbocycles. The molecule has 5 nitrogen and oxygen atoms in total. The number of carbonyl (C=O) groups is 1. The molecular weight excluding hydrogens is 216 g/mol. The summed E-state index contributed by atoms with van der Waals surface area (Å²) in [5.41, 5.74) is 3.88. The van der Waals surface area contributed by atoms with Crippen LogP contribution < -0.4 is 11.3 Å². The minimum atomic E-state index is -0.000790. The summed E-state index contributed by atoms with van der Waals surface area (Å²) in [5.74, 6) is 5.25. The van der Waals surface area contributed by atoms with E-state index < -0.39 is 0 Å². The van der Waals surface area contributed by atoms with Crippen molar-refractivity contribution in [3.05, 3.63) is 24.0 Å². The van der Waals surface area contributed by atoms with Crippen molar-refractivity contribution < 1.29 is 4.79 Å². The third-order valence-corrected chi connectivity index (χ3v) is 3.11. The van der Waals surface area contributed by atoms with E-state index in [9.17, 15) is 4.79 Å². The number of anilines is 1. The van der Waals surface area contributed by atoms with Crippen LogP contribution in [0.2, 0.25) is 0 Å². The summed E-state index contributed by atoms with van der Waals surface area (Å²) < 4.78 is 0. The zero-order valence-electron chi connectivity index (χ0n) is 10.2. The third kappa shape index (κ3) is 2.55. The second-order valence-electron chi connectivity index (χ2n) is 5.22. The monoisotopic (exact) mass is 234 g/mol. The number of nitrogens with two attached hydrogens (primary N) is 1. The van der Waals surface area contributed by atoms with E-state index in [1.54, 1.807) is 18.3 Å². The predicted molar refractivity (Wildman–Crippen MR) is 66.3 cm³/mol. The Hall–Kier alpha value is -1.62. The largest absolute Gasteiger partial charge is 0.337 e. The molecular formula is C12H18N4O. The highest BCUT2D eigenvalue weighted by Gasteiger charge is 2.32. The molecule has 1 aromatic rings. The summed E-state index contributed by atoms with van der Waals surface area (Å²) in [6.07, 6.45) is 2.61. The first-order chi connectivity index (χ1) is 8.02. The molecule has 0 spiro atoms. The molecule has 0 aromatic carbocycles. The number of nitrogens with zero attached hydrogens (tertiary/aromatic N) is 2. The Morgan fingerprint density at radius 1 is 1.53 bits per heavy atom. The van der Waals surface area contributed by atoms with Crippen LogP contribution in [0, 0.1) is 5.41 Å². The quantitative estimate of drug-likeness (QED) is 0.596. The first kappa shape index (κ1) is 11.9. The van der Waals surface area contributed by atoms with Gasteiger partial charge >= 0.3 is 0 Å². The zero-order chi connectivity index (χ0) is 12.5. The number of hydrogen-bond donors (Lipinski definition) is 2. The summed E-state index contributed by atoms with van der Waals surface area (Å²) in [5, 5.41) is 0. The molecule has 1 amide bonds. The molecule has 5 heteroatoms. The molecule has 1 fully saturated rings. The number of aromatic nitrogens is 1. The molecule has 1 saturated heterocycles. The van der Waals surface area contributed by atoms with Crippen LogP contribution in [0.15, 0.2) is 18.3 Å². The van der Waals surface area contributed by atoms with E-state index in [4.69, 9.17) is 5.84 Å². The summed E-state index contributed by atoms with van der Waals surface area (Å²) >= 11 is 0. The van der Waals surface area contributed by atoms with Crippen LogP contribution >= 0.6 is 0 Å². The van der Waals surface area contributed by atoms with Gasteiger partial charge in [-0.2, -0.15) is 0 Å². The Balaban J connectivity index is 2.09. The van der Waals surface area contributed by atoms with Gasteiger partial charge in [0.1, 0.15) is 5.69 Å². The second-order valence-corrected chi connectivity index (χ2v) is 5.22. The second kappa shape index (κ2) is 4.33. The normalized spacial score (nSPS) is 18.2. The van der Waals surface area contributed by atoms with Crippen LogP contribution in [0.1, 0.15) is 30.8 Å². The van der Waals surface area contributed by atoms with Crippen LogP contribution in [0.4, 0.5) is 5.69 Å². The highest BCUT2D eigenvalue weighted by molar-refractivity contribution is 5.92. The molecule has 1 aromatic heterocycles. The number of amides is 1. The molecule has 1 aliphatic heterocycles. The number of nitrogen functional groups attached to an aromatic ring is 1. The molecule has 0 radical (unpaired) electrons. The maximum Gasteiger partial charge on any atom is 0.272 e. The van der Waals surface area contributed by atoms with Crippen molar-refractivity contribution in [3.8, 4) is 0 Å². The molecule has 0 saturated carbocycles. The number of rotatable bonds is 2. The van der Waals surface area contributed by atoms with Crippen molar-refractivity contribution in [1.82, 2.24) is 9.88 Å². The smallest absolute Gasteiger partial charge is 0.272 e. The fraction of sp³-hybridized carbons (Fsp3) is 0.500. The lowest BCUT2D eigenvalue weighted by Gasteiger charge is -2.19. The first-order valence-corrected chi connectivity index (χ1v) is 5.74. The maximum absolute atomic E-state index is 12.1. The van der Waals surface area contributed by atoms with Gasteiger partial charge in [-0.3, -0.25) is 10.6 Å². The van der Waals surface area contributed by atoms with E-state index in [0.29, 0.717) is 11.4 Å². The summed E-state index contributed by atoms with van der Waals surface area (Å²) in [6.45, 7) is 5.96. The van der Waals surface area contributed by atoms with Gasteiger partial charge < -0.3 is 10.3 Å². The first-order valence-electron chi connectivity index (χ1n) is 5.74. The molecule has 0 atom stereocenters. The van der Waals surface area contributed by atoms with Crippen molar-refractivity contribution >= 4 is 11.6 Å². The van der Waals surface area contributed by atoms with Crippen molar-refractivity contribution in [2.24, 2.45) is 11.3 Å². The third-order valence-electron chi connectivity index (χ3n) is 3.11. The Kier molecular flexibility index (Phi) is 3.02. The number of carbonyl (C=O) groups excluding carboxylic acids is 1. The molecule has 1 aliphatic rings. The average Bonchev–Trinajstić information content (AvgIpc) is 2.69. The highest BCUT2D eigenvalue weighted by Crippen LogP contribution is 2.29. The SMILES string of the molecule is CC1(C)CCN(C(=O)c2ccc(NN)cn2)C1. The van der Waals surface area contributed by atoms with Crippen molar-refractivity contribution in [3.63, 3.8) is 0 Å². The van der Waals surface area contributed by atoms with Gasteiger partial charge in [0.25, 0.3) is 5.91 Å². The average molecular weight is 234 g/mol. The van der Waals surface area contributed by atoms with Gasteiger partial charge in [0.15, 0.2) is 0 Å². The minimum absolute atomic E-state index is 0.000790. The van der Waals surface area contributed by atoms with Gasteiger partial charge in [0.05, 0.1) is 11.9 Å². The van der Waals surface area contributed by atoms with Crippen LogP contribution in [0.3, 0.4) is 0 Å². The van der Waals surface area contributed by atoms with Gasteiger partial charge in [-0.25, -0.2) is 4.98 Å². The fourth-order valence-electron chi connectivity index (χ4n) is 2.05. The molecule has 92 valence electrons. The van der Waals surface area contributed by atoms with E-state index >= 15 is 0 Å². The predicted octanol–water partition coefficient (Wildman–Crippen LogP) is 1.24. The Morgan fingerprint density at radius 2 is 2.29 bits per heavy atom. The van der Waals surface area contributed by atoms with Crippen molar-refractivity contribution in [2.45, 2.75) is 20.3 Å². The zero-order valence-corrected chi connectivity index (χ0v) is 10.2. The van der Waals surface area contributed by atoms with E-state index in [1.165, 1.54) is 0 Å². The number of likely N-dealkylation sites (tertiary alicyclic amines) is 1. The molecule has 3 N–H and O–H groups in total. The van der Waals surface area contributed by atoms with E-state index in [1.807, 2.05) is 4.90 Å². The Labute approximate surface area is 101 Å². The van der Waals surface area contributed by atoms with E-state index in [0.717, 1.165) is 19.5 Å². The minimum Gasteiger partial charge on any atom is -0.337 e. The highest BCUT2D eigenvalue weighted by atomic mass is 16.2. The molecule has 17 heavy (non-hydrogen) atoms. The molecule has 0 unspecified atom stereocenters. The fourth-order valence-corrected chi connectivity index (χ4v) is 2.05. The topological polar surface area (TPSA) is 71.2 Å². The lowest BCUT2D eigenvalue weighted by molar-refractivity contribution is 0.0772. The molecule has 2 heterocycles. The van der Waals surface area contributed by atoms with Gasteiger partial charge in [0, 0.05) is 13.1 Å². The standard InChI is InChI=1S/C12H18N4O/c1-12(2)5-6-16(8-12)11(17)10-4-3-9(15-13)7-14-10/h3-4,7,15H,5-6,8,13H2,1-2H3. The van der Waals surface area contributed by atoms with Crippen LogP contribution in [-0.4, -0.2) is 28.9 Å². The van der Waals surface area contributed by atoms with Gasteiger partial charge in [0.2, 0.25) is 0 Å². The number of hydrogen-bond acceptors (Lipinski definition) is 4. The van der Waals surface area contributed by atoms with Gasteiger partial charge in [-0.05, 0) is 24.0 Å². The lowest BCUT2D eigenvalue weighted by atomic mass is 9.93. The van der Waals surface area contributed by atoms with E-state index in [2.05, 4.69) is 24.3 Å². The Bertz CT molecular complexity index is 413. The van der Waals surface area contributed by atoms with Crippen molar-refractivity contribution in [2.75, 3.05) is 18.5 Å². The summed E-state index contributed by atoms with van der Waals surface area (Å²) in [7, 11) is 0. The lowest BCUT2D eigenvalue weighted by Crippen LogP contribution is -2.30.